The first-order chi connectivity index (χ1) is 11.1. The second-order valence-electron chi connectivity index (χ2n) is 4.69. The van der Waals surface area contributed by atoms with E-state index in [0.717, 1.165) is 11.3 Å². The lowest BCUT2D eigenvalue weighted by Gasteiger charge is -2.13. The average Bonchev–Trinajstić information content (AvgIpc) is 2.55. The van der Waals surface area contributed by atoms with Gasteiger partial charge in [0.1, 0.15) is 12.4 Å². The van der Waals surface area contributed by atoms with E-state index >= 15 is 0 Å². The van der Waals surface area contributed by atoms with Crippen LogP contribution in [0.1, 0.15) is 12.5 Å². The van der Waals surface area contributed by atoms with E-state index in [2.05, 4.69) is 11.2 Å². The van der Waals surface area contributed by atoms with Crippen LogP contribution in [0.25, 0.3) is 0 Å². The topological polar surface area (TPSA) is 30.5 Å². The summed E-state index contributed by atoms with van der Waals surface area (Å²) >= 11 is 5.76. The fraction of sp³-hybridized carbons (Fsp3) is 0.222. The Morgan fingerprint density at radius 2 is 2.00 bits per heavy atom. The maximum absolute atomic E-state index is 13.1. The molecule has 23 heavy (non-hydrogen) atoms. The third-order valence-electron chi connectivity index (χ3n) is 3.04. The lowest BCUT2D eigenvalue weighted by atomic mass is 10.2. The number of nitrogens with one attached hydrogen (secondary N) is 1. The van der Waals surface area contributed by atoms with Gasteiger partial charge in [-0.15, -0.1) is 6.42 Å². The van der Waals surface area contributed by atoms with E-state index in [1.54, 1.807) is 12.1 Å². The fourth-order valence-electron chi connectivity index (χ4n) is 1.98. The lowest BCUT2D eigenvalue weighted by molar-refractivity contribution is 0.299. The molecule has 0 aliphatic heterocycles. The fourth-order valence-corrected chi connectivity index (χ4v) is 2.16. The Labute approximate surface area is 140 Å². The Kier molecular flexibility index (Phi) is 6.13. The van der Waals surface area contributed by atoms with E-state index in [-0.39, 0.29) is 11.6 Å². The van der Waals surface area contributed by atoms with Crippen LogP contribution in [0.2, 0.25) is 5.02 Å². The van der Waals surface area contributed by atoms with Crippen LogP contribution in [0.3, 0.4) is 0 Å². The van der Waals surface area contributed by atoms with E-state index in [0.29, 0.717) is 24.7 Å². The molecule has 3 nitrogen and oxygen atoms in total. The van der Waals surface area contributed by atoms with E-state index in [4.69, 9.17) is 27.5 Å². The highest BCUT2D eigenvalue weighted by Crippen LogP contribution is 2.29. The normalized spacial score (nSPS) is 10.0. The van der Waals surface area contributed by atoms with Gasteiger partial charge >= 0.3 is 0 Å². The van der Waals surface area contributed by atoms with Gasteiger partial charge in [-0.25, -0.2) is 4.39 Å². The summed E-state index contributed by atoms with van der Waals surface area (Å²) < 4.78 is 24.2. The van der Waals surface area contributed by atoms with Crippen LogP contribution in [0.5, 0.6) is 11.5 Å². The monoisotopic (exact) mass is 333 g/mol. The average molecular weight is 334 g/mol. The predicted octanol–water partition coefficient (Wildman–Crippen LogP) is 4.50. The lowest BCUT2D eigenvalue weighted by Crippen LogP contribution is -2.03. The molecule has 0 bridgehead atoms. The number of benzene rings is 2. The number of anilines is 1. The van der Waals surface area contributed by atoms with Crippen LogP contribution >= 0.6 is 11.6 Å². The molecule has 0 spiro atoms. The van der Waals surface area contributed by atoms with Crippen LogP contribution in [0.15, 0.2) is 36.4 Å². The third-order valence-corrected chi connectivity index (χ3v) is 3.32. The first-order valence-electron chi connectivity index (χ1n) is 7.15. The molecule has 0 saturated heterocycles. The Hall–Kier alpha value is -2.38. The summed E-state index contributed by atoms with van der Waals surface area (Å²) in [6.07, 6.45) is 5.20. The molecule has 0 atom stereocenters. The first kappa shape index (κ1) is 17.0. The van der Waals surface area contributed by atoms with Crippen molar-refractivity contribution in [3.63, 3.8) is 0 Å². The van der Waals surface area contributed by atoms with E-state index in [9.17, 15) is 4.39 Å². The molecule has 0 saturated carbocycles. The zero-order valence-electron chi connectivity index (χ0n) is 12.7. The molecule has 0 radical (unpaired) electrons. The van der Waals surface area contributed by atoms with Crippen molar-refractivity contribution < 1.29 is 13.9 Å². The number of hydrogen-bond donors (Lipinski definition) is 1. The van der Waals surface area contributed by atoms with Crippen LogP contribution in [-0.4, -0.2) is 13.2 Å². The van der Waals surface area contributed by atoms with Gasteiger partial charge in [0.15, 0.2) is 11.5 Å². The number of halogens is 2. The molecular formula is C18H17ClFNO2. The molecule has 2 aromatic carbocycles. The minimum atomic E-state index is -0.439. The summed E-state index contributed by atoms with van der Waals surface area (Å²) in [5.74, 6) is 3.23. The molecule has 0 aromatic heterocycles. The maximum Gasteiger partial charge on any atom is 0.162 e. The van der Waals surface area contributed by atoms with Crippen molar-refractivity contribution in [2.75, 3.05) is 18.5 Å². The SMILES string of the molecule is C#CCOc1ccc(CNc2ccc(F)c(Cl)c2)cc1OCC. The summed E-state index contributed by atoms with van der Waals surface area (Å²) in [7, 11) is 0. The molecule has 120 valence electrons. The summed E-state index contributed by atoms with van der Waals surface area (Å²) in [6.45, 7) is 3.15. The van der Waals surface area contributed by atoms with Gasteiger partial charge in [-0.05, 0) is 42.8 Å². The molecular weight excluding hydrogens is 317 g/mol. The Bertz CT molecular complexity index is 713. The highest BCUT2D eigenvalue weighted by Gasteiger charge is 2.07. The largest absolute Gasteiger partial charge is 0.490 e. The van der Waals surface area contributed by atoms with Crippen molar-refractivity contribution in [1.29, 1.82) is 0 Å². The van der Waals surface area contributed by atoms with Crippen molar-refractivity contribution in [2.45, 2.75) is 13.5 Å². The summed E-state index contributed by atoms with van der Waals surface area (Å²) in [6, 6.07) is 10.1. The van der Waals surface area contributed by atoms with Gasteiger partial charge in [0, 0.05) is 12.2 Å². The molecule has 0 fully saturated rings. The zero-order valence-corrected chi connectivity index (χ0v) is 13.5. The minimum absolute atomic E-state index is 0.0861. The number of hydrogen-bond acceptors (Lipinski definition) is 3. The van der Waals surface area contributed by atoms with Crippen LogP contribution in [0.4, 0.5) is 10.1 Å². The number of terminal acetylenes is 1. The van der Waals surface area contributed by atoms with Crippen molar-refractivity contribution >= 4 is 17.3 Å². The van der Waals surface area contributed by atoms with Crippen molar-refractivity contribution in [3.8, 4) is 23.8 Å². The van der Waals surface area contributed by atoms with E-state index < -0.39 is 5.82 Å². The molecule has 0 unspecified atom stereocenters. The van der Waals surface area contributed by atoms with Crippen LogP contribution < -0.4 is 14.8 Å². The first-order valence-corrected chi connectivity index (χ1v) is 7.52. The van der Waals surface area contributed by atoms with Gasteiger partial charge in [-0.1, -0.05) is 23.6 Å². The van der Waals surface area contributed by atoms with Crippen molar-refractivity contribution in [1.82, 2.24) is 0 Å². The standard InChI is InChI=1S/C18H17ClFNO2/c1-3-9-23-17-8-5-13(10-18(17)22-4-2)12-21-14-6-7-16(20)15(19)11-14/h1,5-8,10-11,21H,4,9,12H2,2H3. The van der Waals surface area contributed by atoms with Crippen LogP contribution in [0, 0.1) is 18.2 Å². The summed E-state index contributed by atoms with van der Waals surface area (Å²) in [5.41, 5.74) is 1.73. The summed E-state index contributed by atoms with van der Waals surface area (Å²) in [5, 5.41) is 3.27. The molecule has 0 aliphatic carbocycles. The molecule has 0 amide bonds. The van der Waals surface area contributed by atoms with Crippen molar-refractivity contribution in [3.05, 3.63) is 52.8 Å². The van der Waals surface area contributed by atoms with Crippen molar-refractivity contribution in [2.24, 2.45) is 0 Å². The molecule has 0 heterocycles. The predicted molar refractivity (Wildman–Crippen MR) is 90.7 cm³/mol. The van der Waals surface area contributed by atoms with Gasteiger partial charge in [0.2, 0.25) is 0 Å². The molecule has 2 rings (SSSR count). The Morgan fingerprint density at radius 1 is 1.17 bits per heavy atom. The van der Waals surface area contributed by atoms with Gasteiger partial charge in [0.05, 0.1) is 11.6 Å². The van der Waals surface area contributed by atoms with Gasteiger partial charge in [-0.3, -0.25) is 0 Å². The summed E-state index contributed by atoms with van der Waals surface area (Å²) in [4.78, 5) is 0. The number of ether oxygens (including phenoxy) is 2. The Morgan fingerprint density at radius 3 is 2.70 bits per heavy atom. The highest BCUT2D eigenvalue weighted by molar-refractivity contribution is 6.31. The molecule has 0 aliphatic rings. The van der Waals surface area contributed by atoms with E-state index in [1.165, 1.54) is 6.07 Å². The maximum atomic E-state index is 13.1. The van der Waals surface area contributed by atoms with Gasteiger partial charge in [-0.2, -0.15) is 0 Å². The second kappa shape index (κ2) is 8.30. The molecule has 1 N–H and O–H groups in total. The minimum Gasteiger partial charge on any atom is -0.490 e. The number of rotatable bonds is 7. The smallest absolute Gasteiger partial charge is 0.162 e. The zero-order chi connectivity index (χ0) is 16.7. The van der Waals surface area contributed by atoms with Gasteiger partial charge < -0.3 is 14.8 Å². The second-order valence-corrected chi connectivity index (χ2v) is 5.10. The highest BCUT2D eigenvalue weighted by atomic mass is 35.5. The van der Waals surface area contributed by atoms with Crippen LogP contribution in [-0.2, 0) is 6.54 Å². The molecule has 2 aromatic rings. The quantitative estimate of drug-likeness (QED) is 0.757. The third kappa shape index (κ3) is 4.80. The van der Waals surface area contributed by atoms with E-state index in [1.807, 2.05) is 25.1 Å². The Balaban J connectivity index is 2.08. The molecule has 5 heteroatoms. The van der Waals surface area contributed by atoms with Gasteiger partial charge in [0.25, 0.3) is 0 Å².